The van der Waals surface area contributed by atoms with Gasteiger partial charge in [-0.25, -0.2) is 8.78 Å². The SMILES string of the molecule is Cn1cc(CC(O)C2CCC(F)(F)CC2)cn1. The first-order valence-electron chi connectivity index (χ1n) is 6.00. The Morgan fingerprint density at radius 1 is 1.53 bits per heavy atom. The first-order chi connectivity index (χ1) is 7.96. The summed E-state index contributed by atoms with van der Waals surface area (Å²) >= 11 is 0. The van der Waals surface area contributed by atoms with Crippen LogP contribution in [0.2, 0.25) is 0 Å². The number of aromatic nitrogens is 2. The summed E-state index contributed by atoms with van der Waals surface area (Å²) in [4.78, 5) is 0. The highest BCUT2D eigenvalue weighted by Gasteiger charge is 2.37. The summed E-state index contributed by atoms with van der Waals surface area (Å²) in [7, 11) is 1.82. The smallest absolute Gasteiger partial charge is 0.248 e. The van der Waals surface area contributed by atoms with E-state index in [9.17, 15) is 13.9 Å². The molecule has 1 unspecified atom stereocenters. The summed E-state index contributed by atoms with van der Waals surface area (Å²) in [6, 6.07) is 0. The Kier molecular flexibility index (Phi) is 3.47. The molecule has 0 spiro atoms. The van der Waals surface area contributed by atoms with Crippen LogP contribution in [0.1, 0.15) is 31.2 Å². The van der Waals surface area contributed by atoms with Gasteiger partial charge in [-0.3, -0.25) is 4.68 Å². The highest BCUT2D eigenvalue weighted by atomic mass is 19.3. The van der Waals surface area contributed by atoms with Crippen LogP contribution in [0.5, 0.6) is 0 Å². The van der Waals surface area contributed by atoms with E-state index in [2.05, 4.69) is 5.10 Å². The standard InChI is InChI=1S/C12H18F2N2O/c1-16-8-9(7-15-16)6-11(17)10-2-4-12(13,14)5-3-10/h7-8,10-11,17H,2-6H2,1H3. The Morgan fingerprint density at radius 3 is 2.71 bits per heavy atom. The molecule has 1 aliphatic carbocycles. The first kappa shape index (κ1) is 12.5. The molecule has 5 heteroatoms. The third-order valence-electron chi connectivity index (χ3n) is 3.51. The molecule has 3 nitrogen and oxygen atoms in total. The lowest BCUT2D eigenvalue weighted by Gasteiger charge is -2.31. The molecule has 2 rings (SSSR count). The van der Waals surface area contributed by atoms with Crippen LogP contribution in [-0.4, -0.2) is 26.9 Å². The van der Waals surface area contributed by atoms with Gasteiger partial charge in [0.05, 0.1) is 12.3 Å². The van der Waals surface area contributed by atoms with E-state index in [-0.39, 0.29) is 18.8 Å². The van der Waals surface area contributed by atoms with Gasteiger partial charge in [-0.1, -0.05) is 0 Å². The molecule has 1 fully saturated rings. The molecule has 0 radical (unpaired) electrons. The van der Waals surface area contributed by atoms with Crippen LogP contribution in [0, 0.1) is 5.92 Å². The zero-order valence-corrected chi connectivity index (χ0v) is 9.94. The molecular weight excluding hydrogens is 226 g/mol. The molecule has 0 bridgehead atoms. The van der Waals surface area contributed by atoms with Crippen LogP contribution in [-0.2, 0) is 13.5 Å². The predicted octanol–water partition coefficient (Wildman–Crippen LogP) is 2.15. The van der Waals surface area contributed by atoms with Gasteiger partial charge in [-0.15, -0.1) is 0 Å². The van der Waals surface area contributed by atoms with Crippen molar-refractivity contribution in [2.24, 2.45) is 13.0 Å². The molecule has 1 aromatic rings. The van der Waals surface area contributed by atoms with Gasteiger partial charge in [0, 0.05) is 32.5 Å². The van der Waals surface area contributed by atoms with Crippen LogP contribution in [0.3, 0.4) is 0 Å². The second-order valence-electron chi connectivity index (χ2n) is 4.99. The Balaban J connectivity index is 1.87. The van der Waals surface area contributed by atoms with Gasteiger partial charge in [0.2, 0.25) is 5.92 Å². The third kappa shape index (κ3) is 3.25. The lowest BCUT2D eigenvalue weighted by molar-refractivity contribution is -0.0619. The van der Waals surface area contributed by atoms with Crippen molar-refractivity contribution in [1.29, 1.82) is 0 Å². The van der Waals surface area contributed by atoms with Gasteiger partial charge in [0.1, 0.15) is 0 Å². The Bertz CT molecular complexity index is 368. The van der Waals surface area contributed by atoms with Crippen molar-refractivity contribution < 1.29 is 13.9 Å². The molecule has 1 N–H and O–H groups in total. The minimum Gasteiger partial charge on any atom is -0.392 e. The highest BCUT2D eigenvalue weighted by molar-refractivity contribution is 5.05. The number of nitrogens with zero attached hydrogens (tertiary/aromatic N) is 2. The van der Waals surface area contributed by atoms with Crippen LogP contribution < -0.4 is 0 Å². The maximum Gasteiger partial charge on any atom is 0.248 e. The number of halogens is 2. The fraction of sp³-hybridized carbons (Fsp3) is 0.750. The molecule has 1 saturated carbocycles. The van der Waals surface area contributed by atoms with Gasteiger partial charge in [0.25, 0.3) is 0 Å². The Hall–Kier alpha value is -0.970. The third-order valence-corrected chi connectivity index (χ3v) is 3.51. The second kappa shape index (κ2) is 4.72. The molecule has 96 valence electrons. The van der Waals surface area contributed by atoms with Gasteiger partial charge >= 0.3 is 0 Å². The van der Waals surface area contributed by atoms with Crippen molar-refractivity contribution in [1.82, 2.24) is 9.78 Å². The number of hydrogen-bond acceptors (Lipinski definition) is 2. The lowest BCUT2D eigenvalue weighted by Crippen LogP contribution is -2.32. The van der Waals surface area contributed by atoms with E-state index in [1.54, 1.807) is 10.9 Å². The van der Waals surface area contributed by atoms with Gasteiger partial charge in [0.15, 0.2) is 0 Å². The van der Waals surface area contributed by atoms with E-state index in [0.29, 0.717) is 19.3 Å². The average molecular weight is 244 g/mol. The zero-order valence-electron chi connectivity index (χ0n) is 9.94. The average Bonchev–Trinajstić information content (AvgIpc) is 2.63. The number of aliphatic hydroxyl groups is 1. The summed E-state index contributed by atoms with van der Waals surface area (Å²) in [5, 5.41) is 14.0. The summed E-state index contributed by atoms with van der Waals surface area (Å²) in [5.74, 6) is -2.53. The summed E-state index contributed by atoms with van der Waals surface area (Å²) in [6.07, 6.45) is 4.16. The van der Waals surface area contributed by atoms with Crippen LogP contribution >= 0.6 is 0 Å². The van der Waals surface area contributed by atoms with E-state index in [0.717, 1.165) is 5.56 Å². The fourth-order valence-corrected chi connectivity index (χ4v) is 2.43. The highest BCUT2D eigenvalue weighted by Crippen LogP contribution is 2.37. The van der Waals surface area contributed by atoms with Crippen molar-refractivity contribution in [3.63, 3.8) is 0 Å². The molecule has 1 heterocycles. The summed E-state index contributed by atoms with van der Waals surface area (Å²) < 4.78 is 27.6. The second-order valence-corrected chi connectivity index (χ2v) is 4.99. The van der Waals surface area contributed by atoms with Gasteiger partial charge in [-0.2, -0.15) is 5.10 Å². The molecule has 0 aliphatic heterocycles. The molecule has 1 atom stereocenters. The largest absolute Gasteiger partial charge is 0.392 e. The molecule has 17 heavy (non-hydrogen) atoms. The fourth-order valence-electron chi connectivity index (χ4n) is 2.43. The number of alkyl halides is 2. The normalized spacial score (nSPS) is 22.6. The van der Waals surface area contributed by atoms with Crippen LogP contribution in [0.15, 0.2) is 12.4 Å². The molecule has 0 saturated heterocycles. The Labute approximate surface area is 99.4 Å². The Morgan fingerprint density at radius 2 is 2.18 bits per heavy atom. The van der Waals surface area contributed by atoms with Crippen LogP contribution in [0.4, 0.5) is 8.78 Å². The monoisotopic (exact) mass is 244 g/mol. The van der Waals surface area contributed by atoms with Crippen molar-refractivity contribution in [3.05, 3.63) is 18.0 Å². The van der Waals surface area contributed by atoms with Gasteiger partial charge < -0.3 is 5.11 Å². The van der Waals surface area contributed by atoms with Crippen molar-refractivity contribution in [3.8, 4) is 0 Å². The molecule has 0 aromatic carbocycles. The van der Waals surface area contributed by atoms with E-state index in [1.807, 2.05) is 13.2 Å². The minimum absolute atomic E-state index is 0.00479. The van der Waals surface area contributed by atoms with E-state index >= 15 is 0 Å². The molecule has 0 amide bonds. The molecule has 1 aliphatic rings. The number of aryl methyl sites for hydroxylation is 1. The van der Waals surface area contributed by atoms with E-state index < -0.39 is 12.0 Å². The topological polar surface area (TPSA) is 38.0 Å². The minimum atomic E-state index is -2.52. The molecule has 1 aromatic heterocycles. The van der Waals surface area contributed by atoms with Crippen molar-refractivity contribution >= 4 is 0 Å². The lowest BCUT2D eigenvalue weighted by atomic mass is 9.82. The van der Waals surface area contributed by atoms with E-state index in [1.165, 1.54) is 0 Å². The molecular formula is C12H18F2N2O. The zero-order chi connectivity index (χ0) is 12.5. The maximum absolute atomic E-state index is 13.0. The van der Waals surface area contributed by atoms with Crippen molar-refractivity contribution in [2.75, 3.05) is 0 Å². The quantitative estimate of drug-likeness (QED) is 0.884. The number of hydrogen-bond donors (Lipinski definition) is 1. The number of aliphatic hydroxyl groups excluding tert-OH is 1. The van der Waals surface area contributed by atoms with Crippen LogP contribution in [0.25, 0.3) is 0 Å². The number of rotatable bonds is 3. The maximum atomic E-state index is 13.0. The first-order valence-corrected chi connectivity index (χ1v) is 6.00. The van der Waals surface area contributed by atoms with Crippen molar-refractivity contribution in [2.45, 2.75) is 44.1 Å². The van der Waals surface area contributed by atoms with E-state index in [4.69, 9.17) is 0 Å². The van der Waals surface area contributed by atoms with Gasteiger partial charge in [-0.05, 0) is 24.3 Å². The summed E-state index contributed by atoms with van der Waals surface area (Å²) in [5.41, 5.74) is 0.956. The summed E-state index contributed by atoms with van der Waals surface area (Å²) in [6.45, 7) is 0. The predicted molar refractivity (Wildman–Crippen MR) is 59.8 cm³/mol.